The monoisotopic (exact) mass is 564 g/mol. The number of hydrogen-bond acceptors (Lipinski definition) is 0. The Balaban J connectivity index is 0.000000253. The normalized spacial score (nSPS) is 14.5. The Kier molecular flexibility index (Phi) is 13.3. The van der Waals surface area contributed by atoms with Gasteiger partial charge in [-0.2, -0.15) is 41.5 Å². The average Bonchev–Trinajstić information content (AvgIpc) is 3.34. The summed E-state index contributed by atoms with van der Waals surface area (Å²) in [5, 5.41) is 0. The number of allylic oxidation sites excluding steroid dienone is 4. The van der Waals surface area contributed by atoms with E-state index in [4.69, 9.17) is 0 Å². The van der Waals surface area contributed by atoms with Crippen LogP contribution in [0.2, 0.25) is 0 Å². The first kappa shape index (κ1) is 30.5. The van der Waals surface area contributed by atoms with Gasteiger partial charge in [0, 0.05) is 0 Å². The second-order valence-electron chi connectivity index (χ2n) is 8.79. The fourth-order valence-corrected chi connectivity index (χ4v) is 4.62. The average molecular weight is 567 g/mol. The van der Waals surface area contributed by atoms with E-state index in [-0.39, 0.29) is 24.8 Å². The molecule has 0 spiro atoms. The molecule has 0 saturated carbocycles. The summed E-state index contributed by atoms with van der Waals surface area (Å²) in [6.45, 7) is 10.9. The summed E-state index contributed by atoms with van der Waals surface area (Å²) < 4.78 is 2.19. The van der Waals surface area contributed by atoms with E-state index in [9.17, 15) is 0 Å². The van der Waals surface area contributed by atoms with Crippen LogP contribution >= 0.6 is 0 Å². The van der Waals surface area contributed by atoms with Crippen molar-refractivity contribution in [1.29, 1.82) is 0 Å². The van der Waals surface area contributed by atoms with Crippen LogP contribution < -0.4 is 24.8 Å². The predicted molar refractivity (Wildman–Crippen MR) is 134 cm³/mol. The zero-order valence-corrected chi connectivity index (χ0v) is 24.6. The number of hydrogen-bond donors (Lipinski definition) is 0. The molecule has 1 unspecified atom stereocenters. The van der Waals surface area contributed by atoms with Crippen LogP contribution in [-0.2, 0) is 30.7 Å². The molecule has 3 aromatic rings. The number of fused-ring (bicyclic) bond motifs is 3. The van der Waals surface area contributed by atoms with Crippen LogP contribution in [-0.4, -0.2) is 3.71 Å². The van der Waals surface area contributed by atoms with Gasteiger partial charge >= 0.3 is 70.3 Å². The molecule has 0 radical (unpaired) electrons. The molecule has 0 nitrogen and oxygen atoms in total. The van der Waals surface area contributed by atoms with Gasteiger partial charge in [-0.3, -0.25) is 6.08 Å². The first-order chi connectivity index (χ1) is 15.4. The molecule has 0 saturated heterocycles. The Morgan fingerprint density at radius 3 is 2.12 bits per heavy atom. The van der Waals surface area contributed by atoms with Crippen molar-refractivity contribution in [3.63, 3.8) is 0 Å². The summed E-state index contributed by atoms with van der Waals surface area (Å²) in [7, 11) is 0. The molecular weight excluding hydrogens is 534 g/mol. The first-order valence-corrected chi connectivity index (χ1v) is 12.8. The van der Waals surface area contributed by atoms with Crippen molar-refractivity contribution in [2.45, 2.75) is 41.0 Å². The topological polar surface area (TPSA) is 0 Å². The van der Waals surface area contributed by atoms with Crippen LogP contribution in [0.3, 0.4) is 0 Å². The van der Waals surface area contributed by atoms with Gasteiger partial charge in [0.2, 0.25) is 0 Å². The van der Waals surface area contributed by atoms with Gasteiger partial charge in [-0.15, -0.1) is 5.56 Å². The summed E-state index contributed by atoms with van der Waals surface area (Å²) in [5.41, 5.74) is 11.0. The minimum absolute atomic E-state index is 0. The number of rotatable bonds is 2. The van der Waals surface area contributed by atoms with Crippen LogP contribution in [0, 0.1) is 30.9 Å². The van der Waals surface area contributed by atoms with Gasteiger partial charge < -0.3 is 24.8 Å². The zero-order valence-electron chi connectivity index (χ0n) is 20.6. The van der Waals surface area contributed by atoms with Gasteiger partial charge in [0.25, 0.3) is 0 Å². The van der Waals surface area contributed by atoms with Crippen molar-refractivity contribution in [2.75, 3.05) is 0 Å². The molecule has 5 rings (SSSR count). The van der Waals surface area contributed by atoms with Crippen molar-refractivity contribution < 1.29 is 49.0 Å². The second-order valence-corrected chi connectivity index (χ2v) is 9.50. The SMILES string of the molecule is CC1=[C-]C(C)C=C1C(C)C.Cc1ccc([CH]=[Zr+2])cc1.[Cl-].[Cl-].[c-]1cccc2c1Cc1ccccc1-2. The van der Waals surface area contributed by atoms with Crippen molar-refractivity contribution >= 4 is 3.71 Å². The van der Waals surface area contributed by atoms with Crippen LogP contribution in [0.25, 0.3) is 11.1 Å². The van der Waals surface area contributed by atoms with Gasteiger partial charge in [-0.25, -0.2) is 5.57 Å². The molecule has 0 amide bonds. The Morgan fingerprint density at radius 2 is 1.56 bits per heavy atom. The van der Waals surface area contributed by atoms with Crippen molar-refractivity contribution in [3.05, 3.63) is 118 Å². The Morgan fingerprint density at radius 1 is 0.912 bits per heavy atom. The van der Waals surface area contributed by atoms with E-state index in [0.717, 1.165) is 6.42 Å². The minimum Gasteiger partial charge on any atom is -1.00 e. The van der Waals surface area contributed by atoms with Gasteiger partial charge in [-0.1, -0.05) is 74.9 Å². The third kappa shape index (κ3) is 8.30. The number of benzene rings is 3. The van der Waals surface area contributed by atoms with Crippen molar-refractivity contribution in [2.24, 2.45) is 11.8 Å². The molecule has 0 aliphatic heterocycles. The third-order valence-electron chi connectivity index (χ3n) is 5.79. The molecule has 176 valence electrons. The van der Waals surface area contributed by atoms with Gasteiger partial charge in [0.15, 0.2) is 0 Å². The van der Waals surface area contributed by atoms with E-state index in [1.54, 1.807) is 0 Å². The fourth-order valence-electron chi connectivity index (χ4n) is 4.15. The molecule has 0 aromatic heterocycles. The van der Waals surface area contributed by atoms with E-state index in [2.05, 4.69) is 117 Å². The molecule has 34 heavy (non-hydrogen) atoms. The molecular formula is C31H32Cl2Zr-2. The summed E-state index contributed by atoms with van der Waals surface area (Å²) in [4.78, 5) is 0. The first-order valence-electron chi connectivity index (χ1n) is 11.4. The molecule has 2 aliphatic carbocycles. The predicted octanol–water partition coefficient (Wildman–Crippen LogP) is 1.73. The summed E-state index contributed by atoms with van der Waals surface area (Å²) in [6, 6.07) is 26.7. The van der Waals surface area contributed by atoms with Crippen LogP contribution in [0.4, 0.5) is 0 Å². The maximum Gasteiger partial charge on any atom is -0.0253 e. The zero-order chi connectivity index (χ0) is 23.1. The molecule has 0 heterocycles. The van der Waals surface area contributed by atoms with Crippen molar-refractivity contribution in [3.8, 4) is 11.1 Å². The summed E-state index contributed by atoms with van der Waals surface area (Å²) >= 11 is 1.47. The Hall–Kier alpha value is -1.53. The Labute approximate surface area is 233 Å². The maximum atomic E-state index is 3.37. The van der Waals surface area contributed by atoms with Crippen LogP contribution in [0.5, 0.6) is 0 Å². The van der Waals surface area contributed by atoms with E-state index >= 15 is 0 Å². The molecule has 0 bridgehead atoms. The molecule has 1 atom stereocenters. The van der Waals surface area contributed by atoms with Gasteiger partial charge in [0.1, 0.15) is 0 Å². The minimum atomic E-state index is 0. The Bertz CT molecular complexity index is 1080. The molecule has 3 heteroatoms. The van der Waals surface area contributed by atoms with Crippen LogP contribution in [0.15, 0.2) is 84.0 Å². The van der Waals surface area contributed by atoms with E-state index in [1.807, 2.05) is 6.07 Å². The molecule has 0 N–H and O–H groups in total. The molecule has 2 aliphatic rings. The smallest absolute Gasteiger partial charge is 0.0253 e. The molecule has 0 fully saturated rings. The largest absolute Gasteiger partial charge is 1.00 e. The summed E-state index contributed by atoms with van der Waals surface area (Å²) in [5.74, 6) is 1.20. The van der Waals surface area contributed by atoms with E-state index in [1.165, 1.54) is 68.8 Å². The van der Waals surface area contributed by atoms with Gasteiger partial charge in [0.05, 0.1) is 0 Å². The van der Waals surface area contributed by atoms with Crippen LogP contribution in [0.1, 0.15) is 49.9 Å². The van der Waals surface area contributed by atoms with E-state index < -0.39 is 0 Å². The van der Waals surface area contributed by atoms with E-state index in [0.29, 0.717) is 11.8 Å². The summed E-state index contributed by atoms with van der Waals surface area (Å²) in [6.07, 6.45) is 6.73. The quantitative estimate of drug-likeness (QED) is 0.325. The number of aryl methyl sites for hydroxylation is 1. The molecule has 3 aromatic carbocycles. The van der Waals surface area contributed by atoms with Crippen molar-refractivity contribution in [1.82, 2.24) is 0 Å². The maximum absolute atomic E-state index is 3.37. The standard InChI is InChI=1S/C13H9.C10H15.C8H8.2ClH.Zr/c1-3-7-12-10(5-1)9-11-6-2-4-8-13(11)12;1-7(2)10-6-8(3)5-9(10)4;1-7-3-5-8(2)6-4-7;;;/h1-5,7-8H,9H2;6-8H,1-4H3;1,3-6H,2H3;2*1H;/q2*-1;;;;+2/p-2. The fraction of sp³-hybridized carbons (Fsp3) is 0.258. The third-order valence-corrected chi connectivity index (χ3v) is 6.61. The number of halogens is 2. The van der Waals surface area contributed by atoms with Gasteiger partial charge in [-0.05, 0) is 6.42 Å². The second kappa shape index (κ2) is 14.8.